The van der Waals surface area contributed by atoms with Gasteiger partial charge in [-0.05, 0) is 32.1 Å². The van der Waals surface area contributed by atoms with Gasteiger partial charge in [0.1, 0.15) is 5.41 Å². The van der Waals surface area contributed by atoms with Crippen LogP contribution in [0.5, 0.6) is 0 Å². The fourth-order valence-corrected chi connectivity index (χ4v) is 3.63. The maximum atomic E-state index is 12.8. The van der Waals surface area contributed by atoms with Crippen LogP contribution in [-0.2, 0) is 9.59 Å². The Bertz CT molecular complexity index is 450. The summed E-state index contributed by atoms with van der Waals surface area (Å²) in [5, 5.41) is 2.42. The van der Waals surface area contributed by atoms with E-state index in [9.17, 15) is 14.4 Å². The van der Waals surface area contributed by atoms with Gasteiger partial charge in [-0.3, -0.25) is 19.8 Å². The third-order valence-corrected chi connectivity index (χ3v) is 5.02. The van der Waals surface area contributed by atoms with Gasteiger partial charge in [0, 0.05) is 6.04 Å². The molecule has 0 bridgehead atoms. The maximum absolute atomic E-state index is 12.8. The molecule has 1 spiro atoms. The molecular weight excluding hydrogens is 256 g/mol. The second-order valence-electron chi connectivity index (χ2n) is 6.61. The van der Waals surface area contributed by atoms with E-state index in [1.54, 1.807) is 0 Å². The first kappa shape index (κ1) is 13.6. The molecule has 3 aliphatic rings. The molecule has 0 radical (unpaired) electrons. The lowest BCUT2D eigenvalue weighted by Crippen LogP contribution is -2.66. The van der Waals surface area contributed by atoms with Crippen molar-refractivity contribution in [2.24, 2.45) is 11.3 Å². The van der Waals surface area contributed by atoms with Gasteiger partial charge in [-0.15, -0.1) is 0 Å². The Kier molecular flexibility index (Phi) is 3.30. The Morgan fingerprint density at radius 3 is 2.45 bits per heavy atom. The van der Waals surface area contributed by atoms with Gasteiger partial charge in [0.25, 0.3) is 0 Å². The molecule has 5 nitrogen and oxygen atoms in total. The number of imide groups is 2. The molecule has 2 aliphatic carbocycles. The number of hydrogen-bond donors (Lipinski definition) is 1. The van der Waals surface area contributed by atoms with Crippen molar-refractivity contribution in [2.45, 2.75) is 64.3 Å². The van der Waals surface area contributed by atoms with Crippen LogP contribution in [0.4, 0.5) is 4.79 Å². The number of carbonyl (C=O) groups excluding carboxylic acids is 3. The molecule has 1 heterocycles. The van der Waals surface area contributed by atoms with E-state index in [4.69, 9.17) is 0 Å². The summed E-state index contributed by atoms with van der Waals surface area (Å²) in [6, 6.07) is -0.633. The summed E-state index contributed by atoms with van der Waals surface area (Å²) in [6.07, 6.45) is 7.25. The van der Waals surface area contributed by atoms with Crippen molar-refractivity contribution >= 4 is 17.8 Å². The number of barbiturate groups is 1. The highest BCUT2D eigenvalue weighted by atomic mass is 16.2. The molecule has 0 aromatic heterocycles. The summed E-state index contributed by atoms with van der Waals surface area (Å²) in [5.74, 6) is 0.0201. The summed E-state index contributed by atoms with van der Waals surface area (Å²) in [7, 11) is 0. The Labute approximate surface area is 119 Å². The second kappa shape index (κ2) is 4.86. The summed E-state index contributed by atoms with van der Waals surface area (Å²) in [4.78, 5) is 38.4. The summed E-state index contributed by atoms with van der Waals surface area (Å²) < 4.78 is 0. The Hall–Kier alpha value is -1.39. The lowest BCUT2D eigenvalue weighted by atomic mass is 9.71. The Morgan fingerprint density at radius 1 is 1.20 bits per heavy atom. The molecule has 0 aromatic rings. The first-order chi connectivity index (χ1) is 9.54. The Balaban J connectivity index is 1.83. The van der Waals surface area contributed by atoms with Gasteiger partial charge in [-0.1, -0.05) is 32.1 Å². The first-order valence-electron chi connectivity index (χ1n) is 7.74. The molecular formula is C15H22N2O3. The van der Waals surface area contributed by atoms with Crippen molar-refractivity contribution in [2.75, 3.05) is 0 Å². The zero-order valence-corrected chi connectivity index (χ0v) is 12.0. The van der Waals surface area contributed by atoms with Gasteiger partial charge in [0.15, 0.2) is 0 Å². The van der Waals surface area contributed by atoms with Gasteiger partial charge in [0.05, 0.1) is 0 Å². The van der Waals surface area contributed by atoms with Crippen molar-refractivity contribution in [1.82, 2.24) is 10.2 Å². The lowest BCUT2D eigenvalue weighted by Gasteiger charge is -2.43. The lowest BCUT2D eigenvalue weighted by molar-refractivity contribution is -0.155. The molecule has 1 atom stereocenters. The summed E-state index contributed by atoms with van der Waals surface area (Å²) in [6.45, 7) is 1.92. The van der Waals surface area contributed by atoms with Crippen LogP contribution in [0.25, 0.3) is 0 Å². The fourth-order valence-electron chi connectivity index (χ4n) is 3.63. The molecule has 1 saturated heterocycles. The average Bonchev–Trinajstić information content (AvgIpc) is 3.22. The predicted molar refractivity (Wildman–Crippen MR) is 72.7 cm³/mol. The number of hydrogen-bond acceptors (Lipinski definition) is 3. The standard InChI is InChI=1S/C15H22N2O3/c1-10(9-11-5-6-11)17-13(19)15(7-3-2-4-8-15)12(18)16-14(17)20/h10-11H,2-9H2,1H3,(H,16,18,20). The van der Waals surface area contributed by atoms with E-state index in [1.807, 2.05) is 6.92 Å². The van der Waals surface area contributed by atoms with E-state index < -0.39 is 11.4 Å². The minimum absolute atomic E-state index is 0.109. The molecule has 3 fully saturated rings. The Morgan fingerprint density at radius 2 is 1.85 bits per heavy atom. The highest BCUT2D eigenvalue weighted by Gasteiger charge is 2.54. The summed E-state index contributed by atoms with van der Waals surface area (Å²) >= 11 is 0. The highest BCUT2D eigenvalue weighted by Crippen LogP contribution is 2.42. The van der Waals surface area contributed by atoms with E-state index in [0.717, 1.165) is 25.7 Å². The van der Waals surface area contributed by atoms with Crippen LogP contribution in [0, 0.1) is 11.3 Å². The molecule has 1 unspecified atom stereocenters. The number of amides is 4. The number of rotatable bonds is 3. The van der Waals surface area contributed by atoms with Gasteiger partial charge >= 0.3 is 6.03 Å². The monoisotopic (exact) mass is 278 g/mol. The van der Waals surface area contributed by atoms with Crippen LogP contribution in [0.3, 0.4) is 0 Å². The van der Waals surface area contributed by atoms with Crippen molar-refractivity contribution in [3.63, 3.8) is 0 Å². The minimum Gasteiger partial charge on any atom is -0.277 e. The number of nitrogens with zero attached hydrogens (tertiary/aromatic N) is 1. The highest BCUT2D eigenvalue weighted by molar-refractivity contribution is 6.19. The topological polar surface area (TPSA) is 66.5 Å². The minimum atomic E-state index is -0.968. The summed E-state index contributed by atoms with van der Waals surface area (Å²) in [5.41, 5.74) is -0.968. The van der Waals surface area contributed by atoms with Gasteiger partial charge in [-0.25, -0.2) is 4.79 Å². The molecule has 110 valence electrons. The van der Waals surface area contributed by atoms with Crippen LogP contribution in [-0.4, -0.2) is 28.8 Å². The molecule has 1 N–H and O–H groups in total. The van der Waals surface area contributed by atoms with E-state index in [1.165, 1.54) is 17.7 Å². The molecule has 2 saturated carbocycles. The van der Waals surface area contributed by atoms with Crippen LogP contribution in [0.2, 0.25) is 0 Å². The third kappa shape index (κ3) is 2.13. The van der Waals surface area contributed by atoms with Crippen molar-refractivity contribution in [3.8, 4) is 0 Å². The predicted octanol–water partition coefficient (Wildman–Crippen LogP) is 2.20. The van der Waals surface area contributed by atoms with E-state index in [-0.39, 0.29) is 17.9 Å². The number of carbonyl (C=O) groups is 3. The van der Waals surface area contributed by atoms with Crippen molar-refractivity contribution in [3.05, 3.63) is 0 Å². The van der Waals surface area contributed by atoms with Crippen molar-refractivity contribution < 1.29 is 14.4 Å². The smallest absolute Gasteiger partial charge is 0.277 e. The van der Waals surface area contributed by atoms with Gasteiger partial charge < -0.3 is 0 Å². The zero-order valence-electron chi connectivity index (χ0n) is 12.0. The third-order valence-electron chi connectivity index (χ3n) is 5.02. The first-order valence-corrected chi connectivity index (χ1v) is 7.74. The number of urea groups is 1. The fraction of sp³-hybridized carbons (Fsp3) is 0.800. The number of nitrogens with one attached hydrogen (secondary N) is 1. The SMILES string of the molecule is CC(CC1CC1)N1C(=O)NC(=O)C2(CCCCC2)C1=O. The zero-order chi connectivity index (χ0) is 14.3. The quantitative estimate of drug-likeness (QED) is 0.805. The van der Waals surface area contributed by atoms with E-state index >= 15 is 0 Å². The maximum Gasteiger partial charge on any atom is 0.331 e. The molecule has 5 heteroatoms. The second-order valence-corrected chi connectivity index (χ2v) is 6.61. The normalized spacial score (nSPS) is 27.6. The molecule has 0 aromatic carbocycles. The molecule has 3 rings (SSSR count). The van der Waals surface area contributed by atoms with E-state index in [2.05, 4.69) is 5.32 Å². The van der Waals surface area contributed by atoms with E-state index in [0.29, 0.717) is 18.8 Å². The van der Waals surface area contributed by atoms with Crippen LogP contribution < -0.4 is 5.32 Å². The average molecular weight is 278 g/mol. The van der Waals surface area contributed by atoms with Crippen molar-refractivity contribution in [1.29, 1.82) is 0 Å². The molecule has 4 amide bonds. The van der Waals surface area contributed by atoms with Gasteiger partial charge in [-0.2, -0.15) is 0 Å². The molecule has 1 aliphatic heterocycles. The largest absolute Gasteiger partial charge is 0.331 e. The van der Waals surface area contributed by atoms with Gasteiger partial charge in [0.2, 0.25) is 11.8 Å². The molecule has 20 heavy (non-hydrogen) atoms. The van der Waals surface area contributed by atoms with Crippen LogP contribution in [0.1, 0.15) is 58.3 Å². The van der Waals surface area contributed by atoms with Crippen LogP contribution in [0.15, 0.2) is 0 Å². The van der Waals surface area contributed by atoms with Crippen LogP contribution >= 0.6 is 0 Å².